The van der Waals surface area contributed by atoms with Crippen LogP contribution in [0.4, 0.5) is 11.6 Å². The zero-order valence-corrected chi connectivity index (χ0v) is 16.9. The zero-order chi connectivity index (χ0) is 22.2. The molecule has 3 N–H and O–H groups in total. The van der Waals surface area contributed by atoms with Gasteiger partial charge < -0.3 is 20.3 Å². The normalized spacial score (nSPS) is 11.0. The van der Waals surface area contributed by atoms with Crippen LogP contribution in [0.25, 0.3) is 22.3 Å². The third-order valence-electron chi connectivity index (χ3n) is 4.79. The van der Waals surface area contributed by atoms with Gasteiger partial charge in [0.25, 0.3) is 5.71 Å². The summed E-state index contributed by atoms with van der Waals surface area (Å²) >= 11 is 0. The molecule has 0 saturated heterocycles. The Bertz CT molecular complexity index is 1500. The van der Waals surface area contributed by atoms with Gasteiger partial charge in [0.1, 0.15) is 5.75 Å². The van der Waals surface area contributed by atoms with E-state index in [0.717, 1.165) is 11.1 Å². The van der Waals surface area contributed by atoms with Crippen LogP contribution in [0.3, 0.4) is 0 Å². The number of primary amides is 1. The molecule has 0 saturated carbocycles. The SMILES string of the molecule is C=C(C(N)=O)c1cccc(Oc2cccc3nc(Nc4cnc5onc(C)c5c4)nn23)c1. The number of carbonyl (C=O) groups excluding carboxylic acids is 1. The minimum absolute atomic E-state index is 0.203. The molecule has 1 amide bonds. The van der Waals surface area contributed by atoms with Gasteiger partial charge in [-0.1, -0.05) is 29.9 Å². The minimum atomic E-state index is -0.592. The molecule has 5 rings (SSSR count). The van der Waals surface area contributed by atoms with E-state index in [2.05, 4.69) is 32.1 Å². The van der Waals surface area contributed by atoms with Crippen molar-refractivity contribution in [1.82, 2.24) is 24.7 Å². The number of benzene rings is 1. The minimum Gasteiger partial charge on any atom is -0.439 e. The fraction of sp³-hybridized carbons (Fsp3) is 0.0455. The average Bonchev–Trinajstić information content (AvgIpc) is 3.37. The van der Waals surface area contributed by atoms with Crippen LogP contribution < -0.4 is 15.8 Å². The molecule has 1 aromatic carbocycles. The number of amides is 1. The van der Waals surface area contributed by atoms with Crippen molar-refractivity contribution in [2.24, 2.45) is 5.73 Å². The second kappa shape index (κ2) is 7.51. The molecule has 0 spiro atoms. The molecule has 0 aliphatic heterocycles. The highest BCUT2D eigenvalue weighted by molar-refractivity contribution is 6.17. The second-order valence-corrected chi connectivity index (χ2v) is 7.01. The van der Waals surface area contributed by atoms with Gasteiger partial charge in [-0.3, -0.25) is 4.79 Å². The van der Waals surface area contributed by atoms with E-state index in [-0.39, 0.29) is 5.57 Å². The summed E-state index contributed by atoms with van der Waals surface area (Å²) < 4.78 is 12.7. The highest BCUT2D eigenvalue weighted by Crippen LogP contribution is 2.26. The molecule has 4 heterocycles. The lowest BCUT2D eigenvalue weighted by molar-refractivity contribution is -0.112. The monoisotopic (exact) mass is 427 g/mol. The molecule has 5 aromatic rings. The van der Waals surface area contributed by atoms with Crippen LogP contribution in [0.5, 0.6) is 11.6 Å². The van der Waals surface area contributed by atoms with Crippen LogP contribution in [0.2, 0.25) is 0 Å². The summed E-state index contributed by atoms with van der Waals surface area (Å²) in [6.45, 7) is 5.55. The van der Waals surface area contributed by atoms with Gasteiger partial charge in [0.15, 0.2) is 5.65 Å². The Hall–Kier alpha value is -4.73. The van der Waals surface area contributed by atoms with Crippen molar-refractivity contribution in [3.05, 3.63) is 72.6 Å². The standard InChI is InChI=1S/C22H17N7O3/c1-12(20(23)30)14-5-3-6-16(9-14)31-19-8-4-7-18-26-22(27-29(18)19)25-15-10-17-13(2)28-32-21(17)24-11-15/h3-11H,1H2,2H3,(H2,23,30)(H,25,27). The third-order valence-corrected chi connectivity index (χ3v) is 4.79. The van der Waals surface area contributed by atoms with Crippen molar-refractivity contribution in [1.29, 1.82) is 0 Å². The molecule has 0 aliphatic rings. The van der Waals surface area contributed by atoms with Crippen molar-refractivity contribution in [3.63, 3.8) is 0 Å². The van der Waals surface area contributed by atoms with Gasteiger partial charge in [-0.25, -0.2) is 4.98 Å². The van der Waals surface area contributed by atoms with Crippen molar-refractivity contribution >= 4 is 39.9 Å². The lowest BCUT2D eigenvalue weighted by Gasteiger charge is -2.08. The highest BCUT2D eigenvalue weighted by Gasteiger charge is 2.12. The summed E-state index contributed by atoms with van der Waals surface area (Å²) in [5, 5.41) is 12.3. The Labute approximate surface area is 181 Å². The number of anilines is 2. The van der Waals surface area contributed by atoms with E-state index in [1.165, 1.54) is 0 Å². The van der Waals surface area contributed by atoms with Gasteiger partial charge in [-0.05, 0) is 36.8 Å². The van der Waals surface area contributed by atoms with E-state index < -0.39 is 5.91 Å². The summed E-state index contributed by atoms with van der Waals surface area (Å²) in [6, 6.07) is 14.2. The first-order chi connectivity index (χ1) is 15.5. The number of nitrogens with zero attached hydrogens (tertiary/aromatic N) is 5. The molecular weight excluding hydrogens is 410 g/mol. The predicted molar refractivity (Wildman–Crippen MR) is 118 cm³/mol. The van der Waals surface area contributed by atoms with E-state index in [9.17, 15) is 4.79 Å². The first-order valence-corrected chi connectivity index (χ1v) is 9.60. The van der Waals surface area contributed by atoms with Crippen molar-refractivity contribution < 1.29 is 14.1 Å². The maximum Gasteiger partial charge on any atom is 0.258 e. The first kappa shape index (κ1) is 19.2. The predicted octanol–water partition coefficient (Wildman–Crippen LogP) is 3.61. The average molecular weight is 427 g/mol. The van der Waals surface area contributed by atoms with E-state index >= 15 is 0 Å². The summed E-state index contributed by atoms with van der Waals surface area (Å²) in [5.74, 6) is 0.714. The first-order valence-electron chi connectivity index (χ1n) is 9.60. The lowest BCUT2D eigenvalue weighted by atomic mass is 10.1. The van der Waals surface area contributed by atoms with Crippen LogP contribution in [0.15, 0.2) is 65.8 Å². The number of aryl methyl sites for hydroxylation is 1. The van der Waals surface area contributed by atoms with Crippen molar-refractivity contribution in [2.75, 3.05) is 5.32 Å². The Morgan fingerprint density at radius 3 is 2.91 bits per heavy atom. The quantitative estimate of drug-likeness (QED) is 0.393. The fourth-order valence-electron chi connectivity index (χ4n) is 3.16. The van der Waals surface area contributed by atoms with Crippen LogP contribution in [0.1, 0.15) is 11.3 Å². The molecule has 32 heavy (non-hydrogen) atoms. The molecular formula is C22H17N7O3. The number of pyridine rings is 2. The molecule has 158 valence electrons. The highest BCUT2D eigenvalue weighted by atomic mass is 16.5. The molecule has 4 aromatic heterocycles. The van der Waals surface area contributed by atoms with Gasteiger partial charge in [-0.2, -0.15) is 9.50 Å². The summed E-state index contributed by atoms with van der Waals surface area (Å²) in [6.07, 6.45) is 1.62. The molecule has 10 heteroatoms. The van der Waals surface area contributed by atoms with Crippen molar-refractivity contribution in [2.45, 2.75) is 6.92 Å². The van der Waals surface area contributed by atoms with Crippen LogP contribution in [0, 0.1) is 6.92 Å². The van der Waals surface area contributed by atoms with Gasteiger partial charge in [0, 0.05) is 11.6 Å². The smallest absolute Gasteiger partial charge is 0.258 e. The number of fused-ring (bicyclic) bond motifs is 2. The van der Waals surface area contributed by atoms with E-state index in [1.54, 1.807) is 41.0 Å². The van der Waals surface area contributed by atoms with Crippen molar-refractivity contribution in [3.8, 4) is 11.6 Å². The number of hydrogen-bond donors (Lipinski definition) is 2. The number of nitrogens with two attached hydrogens (primary N) is 1. The molecule has 0 unspecified atom stereocenters. The number of nitrogens with one attached hydrogen (secondary N) is 1. The maximum atomic E-state index is 11.4. The van der Waals surface area contributed by atoms with Crippen LogP contribution in [-0.4, -0.2) is 30.6 Å². The van der Waals surface area contributed by atoms with Gasteiger partial charge in [-0.15, -0.1) is 5.10 Å². The fourth-order valence-corrected chi connectivity index (χ4v) is 3.16. The Morgan fingerprint density at radius 1 is 1.22 bits per heavy atom. The summed E-state index contributed by atoms with van der Waals surface area (Å²) in [5.41, 5.74) is 8.59. The topological polar surface area (TPSA) is 133 Å². The number of aromatic nitrogens is 5. The molecule has 0 bridgehead atoms. The van der Waals surface area contributed by atoms with Crippen LogP contribution >= 0.6 is 0 Å². The number of hydrogen-bond acceptors (Lipinski definition) is 8. The molecule has 0 fully saturated rings. The molecule has 0 radical (unpaired) electrons. The molecule has 0 atom stereocenters. The Balaban J connectivity index is 1.44. The Kier molecular flexibility index (Phi) is 4.52. The summed E-state index contributed by atoms with van der Waals surface area (Å²) in [7, 11) is 0. The van der Waals surface area contributed by atoms with E-state index in [4.69, 9.17) is 15.0 Å². The lowest BCUT2D eigenvalue weighted by Crippen LogP contribution is -2.11. The van der Waals surface area contributed by atoms with Crippen LogP contribution in [-0.2, 0) is 4.79 Å². The summed E-state index contributed by atoms with van der Waals surface area (Å²) in [4.78, 5) is 20.1. The third kappa shape index (κ3) is 3.49. The van der Waals surface area contributed by atoms with Gasteiger partial charge in [0.05, 0.1) is 23.0 Å². The zero-order valence-electron chi connectivity index (χ0n) is 16.9. The molecule has 0 aliphatic carbocycles. The maximum absolute atomic E-state index is 11.4. The second-order valence-electron chi connectivity index (χ2n) is 7.01. The molecule has 10 nitrogen and oxygen atoms in total. The van der Waals surface area contributed by atoms with E-state index in [0.29, 0.717) is 40.2 Å². The number of carbonyl (C=O) groups is 1. The van der Waals surface area contributed by atoms with Gasteiger partial charge in [0.2, 0.25) is 17.7 Å². The van der Waals surface area contributed by atoms with E-state index in [1.807, 2.05) is 25.1 Å². The Morgan fingerprint density at radius 2 is 2.06 bits per heavy atom. The number of ether oxygens (including phenoxy) is 1. The number of rotatable bonds is 6. The largest absolute Gasteiger partial charge is 0.439 e. The van der Waals surface area contributed by atoms with Gasteiger partial charge >= 0.3 is 0 Å².